The number of halogens is 2. The second kappa shape index (κ2) is 10.1. The number of alkyl halides is 2. The van der Waals surface area contributed by atoms with E-state index in [1.807, 2.05) is 0 Å². The Labute approximate surface area is 180 Å². The molecule has 2 aromatic carbocycles. The summed E-state index contributed by atoms with van der Waals surface area (Å²) < 4.78 is 35.7. The molecule has 0 aliphatic heterocycles. The van der Waals surface area contributed by atoms with Crippen molar-refractivity contribution in [3.05, 3.63) is 54.2 Å². The van der Waals surface area contributed by atoms with Crippen molar-refractivity contribution in [2.75, 3.05) is 26.1 Å². The molecule has 2 heterocycles. The number of anilines is 1. The maximum Gasteiger partial charge on any atom is 0.255 e. The van der Waals surface area contributed by atoms with Crippen molar-refractivity contribution >= 4 is 43.5 Å². The van der Waals surface area contributed by atoms with Gasteiger partial charge in [-0.05, 0) is 36.4 Å². The van der Waals surface area contributed by atoms with Gasteiger partial charge in [0.2, 0.25) is 5.91 Å². The molecule has 1 amide bonds. The lowest BCUT2D eigenvalue weighted by atomic mass is 10.1. The zero-order valence-electron chi connectivity index (χ0n) is 16.8. The number of hydrogen-bond acceptors (Lipinski definition) is 7. The molecule has 0 fully saturated rings. The lowest BCUT2D eigenvalue weighted by molar-refractivity contribution is 0.100. The summed E-state index contributed by atoms with van der Waals surface area (Å²) in [6, 6.07) is 11.9. The normalized spacial score (nSPS) is 10.7. The Bertz CT molecular complexity index is 1200. The predicted octanol–water partition coefficient (Wildman–Crippen LogP) is 4.68. The van der Waals surface area contributed by atoms with Crippen LogP contribution in [0.5, 0.6) is 11.5 Å². The number of aromatic nitrogens is 2. The van der Waals surface area contributed by atoms with E-state index in [1.165, 1.54) is 11.3 Å². The second-order valence-electron chi connectivity index (χ2n) is 6.34. The molecule has 0 atom stereocenters. The molecule has 3 N–H and O–H groups in total. The SMILES string of the molecule is COC.NC(=O)c1ccc2nccc(Oc3ccc4nc(NCC(F)F)sc4c3)c2c1. The Morgan fingerprint density at radius 3 is 2.61 bits per heavy atom. The van der Waals surface area contributed by atoms with Crippen molar-refractivity contribution in [1.29, 1.82) is 0 Å². The number of rotatable bonds is 6. The van der Waals surface area contributed by atoms with E-state index in [0.29, 0.717) is 38.6 Å². The summed E-state index contributed by atoms with van der Waals surface area (Å²) >= 11 is 1.26. The van der Waals surface area contributed by atoms with Crippen LogP contribution in [0, 0.1) is 0 Å². The first-order valence-electron chi connectivity index (χ1n) is 9.10. The number of methoxy groups -OCH3 is 1. The van der Waals surface area contributed by atoms with Crippen LogP contribution in [0.2, 0.25) is 0 Å². The highest BCUT2D eigenvalue weighted by Gasteiger charge is 2.11. The molecule has 7 nitrogen and oxygen atoms in total. The van der Waals surface area contributed by atoms with Gasteiger partial charge in [0, 0.05) is 37.4 Å². The Morgan fingerprint density at radius 2 is 1.90 bits per heavy atom. The molecule has 0 aliphatic rings. The van der Waals surface area contributed by atoms with Crippen molar-refractivity contribution in [3.63, 3.8) is 0 Å². The lowest BCUT2D eigenvalue weighted by Crippen LogP contribution is -2.10. The molecule has 0 unspecified atom stereocenters. The maximum absolute atomic E-state index is 12.3. The summed E-state index contributed by atoms with van der Waals surface area (Å²) in [6.07, 6.45) is -0.838. The van der Waals surface area contributed by atoms with Crippen LogP contribution in [0.25, 0.3) is 21.1 Å². The number of nitrogens with two attached hydrogens (primary N) is 1. The van der Waals surface area contributed by atoms with Crippen LogP contribution >= 0.6 is 11.3 Å². The van der Waals surface area contributed by atoms with E-state index in [-0.39, 0.29) is 0 Å². The molecule has 0 bridgehead atoms. The fourth-order valence-electron chi connectivity index (χ4n) is 2.70. The van der Waals surface area contributed by atoms with Crippen LogP contribution in [0.1, 0.15) is 10.4 Å². The molecule has 0 saturated heterocycles. The summed E-state index contributed by atoms with van der Waals surface area (Å²) in [5.74, 6) is 0.535. The minimum Gasteiger partial charge on any atom is -0.457 e. The van der Waals surface area contributed by atoms with E-state index in [0.717, 1.165) is 4.70 Å². The average Bonchev–Trinajstić information content (AvgIpc) is 3.15. The maximum atomic E-state index is 12.3. The van der Waals surface area contributed by atoms with Gasteiger partial charge in [-0.25, -0.2) is 13.8 Å². The highest BCUT2D eigenvalue weighted by atomic mass is 32.1. The summed E-state index contributed by atoms with van der Waals surface area (Å²) in [5, 5.41) is 3.69. The molecule has 10 heteroatoms. The molecular weight excluding hydrogens is 426 g/mol. The highest BCUT2D eigenvalue weighted by Crippen LogP contribution is 2.33. The van der Waals surface area contributed by atoms with Crippen molar-refractivity contribution in [2.45, 2.75) is 6.43 Å². The van der Waals surface area contributed by atoms with Gasteiger partial charge < -0.3 is 20.5 Å². The monoisotopic (exact) mass is 446 g/mol. The van der Waals surface area contributed by atoms with Gasteiger partial charge in [0.05, 0.1) is 22.3 Å². The number of nitrogens with one attached hydrogen (secondary N) is 1. The minimum absolute atomic E-state index is 0.359. The molecule has 4 aromatic rings. The largest absolute Gasteiger partial charge is 0.457 e. The molecule has 0 saturated carbocycles. The van der Waals surface area contributed by atoms with E-state index in [1.54, 1.807) is 62.9 Å². The Balaban J connectivity index is 0.000000858. The number of primary amides is 1. The van der Waals surface area contributed by atoms with Crippen LogP contribution in [-0.2, 0) is 4.74 Å². The molecule has 2 aromatic heterocycles. The molecule has 0 aliphatic carbocycles. The van der Waals surface area contributed by atoms with E-state index < -0.39 is 18.9 Å². The van der Waals surface area contributed by atoms with E-state index in [2.05, 4.69) is 20.0 Å². The topological polar surface area (TPSA) is 99.4 Å². The predicted molar refractivity (Wildman–Crippen MR) is 117 cm³/mol. The molecule has 4 rings (SSSR count). The number of carbonyl (C=O) groups is 1. The molecular formula is C21H20F2N4O3S. The van der Waals surface area contributed by atoms with Gasteiger partial charge in [0.15, 0.2) is 5.13 Å². The van der Waals surface area contributed by atoms with Crippen LogP contribution in [0.4, 0.5) is 13.9 Å². The number of carbonyl (C=O) groups excluding carboxylic acids is 1. The van der Waals surface area contributed by atoms with Gasteiger partial charge in [-0.1, -0.05) is 11.3 Å². The third kappa shape index (κ3) is 5.62. The third-order valence-electron chi connectivity index (χ3n) is 3.98. The van der Waals surface area contributed by atoms with Gasteiger partial charge >= 0.3 is 0 Å². The Kier molecular flexibility index (Phi) is 7.27. The number of hydrogen-bond donors (Lipinski definition) is 2. The number of pyridine rings is 1. The van der Waals surface area contributed by atoms with Crippen molar-refractivity contribution in [2.24, 2.45) is 5.73 Å². The van der Waals surface area contributed by atoms with Crippen LogP contribution in [-0.4, -0.2) is 43.1 Å². The minimum atomic E-state index is -2.45. The number of amides is 1. The van der Waals surface area contributed by atoms with Crippen molar-refractivity contribution < 1.29 is 23.0 Å². The summed E-state index contributed by atoms with van der Waals surface area (Å²) in [4.78, 5) is 20.0. The average molecular weight is 446 g/mol. The quantitative estimate of drug-likeness (QED) is 0.446. The van der Waals surface area contributed by atoms with Crippen LogP contribution in [0.3, 0.4) is 0 Å². The summed E-state index contributed by atoms with van der Waals surface area (Å²) in [7, 11) is 3.25. The van der Waals surface area contributed by atoms with Gasteiger partial charge in [0.25, 0.3) is 6.43 Å². The van der Waals surface area contributed by atoms with E-state index >= 15 is 0 Å². The zero-order valence-corrected chi connectivity index (χ0v) is 17.6. The zero-order chi connectivity index (χ0) is 22.4. The summed E-state index contributed by atoms with van der Waals surface area (Å²) in [5.41, 5.74) is 7.07. The Hall–Kier alpha value is -3.37. The van der Waals surface area contributed by atoms with E-state index in [9.17, 15) is 13.6 Å². The fourth-order valence-corrected chi connectivity index (χ4v) is 3.60. The lowest BCUT2D eigenvalue weighted by Gasteiger charge is -2.09. The van der Waals surface area contributed by atoms with Crippen molar-refractivity contribution in [3.8, 4) is 11.5 Å². The van der Waals surface area contributed by atoms with Crippen LogP contribution in [0.15, 0.2) is 48.7 Å². The number of nitrogens with zero attached hydrogens (tertiary/aromatic N) is 2. The first-order valence-corrected chi connectivity index (χ1v) is 9.92. The van der Waals surface area contributed by atoms with Gasteiger partial charge in [-0.3, -0.25) is 9.78 Å². The smallest absolute Gasteiger partial charge is 0.255 e. The number of ether oxygens (including phenoxy) is 2. The standard InChI is InChI=1S/C19H14F2N4O2S.C2H6O/c20-17(21)9-24-19-25-14-4-2-11(8-16(14)28-19)27-15-5-6-23-13-3-1-10(18(22)26)7-12(13)15;1-3-2/h1-8,17H,9H2,(H2,22,26)(H,24,25);1-2H3. The summed E-state index contributed by atoms with van der Waals surface area (Å²) in [6.45, 7) is -0.450. The molecule has 0 spiro atoms. The molecule has 31 heavy (non-hydrogen) atoms. The van der Waals surface area contributed by atoms with Gasteiger partial charge in [-0.15, -0.1) is 0 Å². The fraction of sp³-hybridized carbons (Fsp3) is 0.190. The van der Waals surface area contributed by atoms with Crippen LogP contribution < -0.4 is 15.8 Å². The van der Waals surface area contributed by atoms with Gasteiger partial charge in [-0.2, -0.15) is 0 Å². The molecule has 162 valence electrons. The first-order chi connectivity index (χ1) is 14.9. The Morgan fingerprint density at radius 1 is 1.16 bits per heavy atom. The number of thiazole rings is 1. The molecule has 0 radical (unpaired) electrons. The number of fused-ring (bicyclic) bond motifs is 2. The third-order valence-corrected chi connectivity index (χ3v) is 4.96. The highest BCUT2D eigenvalue weighted by molar-refractivity contribution is 7.22. The van der Waals surface area contributed by atoms with Crippen molar-refractivity contribution in [1.82, 2.24) is 9.97 Å². The van der Waals surface area contributed by atoms with E-state index in [4.69, 9.17) is 10.5 Å². The van der Waals surface area contributed by atoms with Gasteiger partial charge in [0.1, 0.15) is 11.5 Å². The first kappa shape index (κ1) is 22.3. The number of benzene rings is 2. The second-order valence-corrected chi connectivity index (χ2v) is 7.37.